The quantitative estimate of drug-likeness (QED) is 0.835. The maximum absolute atomic E-state index is 11.9. The molecule has 0 aromatic heterocycles. The zero-order chi connectivity index (χ0) is 13.0. The van der Waals surface area contributed by atoms with Crippen molar-refractivity contribution in [1.82, 2.24) is 5.32 Å². The molecular formula is C13H17NO4. The SMILES string of the molecule is Cc1c(O)cccc1C(=O)NCC1COCCO1. The highest BCUT2D eigenvalue weighted by molar-refractivity contribution is 5.96. The highest BCUT2D eigenvalue weighted by Crippen LogP contribution is 2.19. The van der Waals surface area contributed by atoms with E-state index in [-0.39, 0.29) is 17.8 Å². The number of amides is 1. The number of hydrogen-bond acceptors (Lipinski definition) is 4. The van der Waals surface area contributed by atoms with E-state index in [1.807, 2.05) is 0 Å². The van der Waals surface area contributed by atoms with Crippen molar-refractivity contribution < 1.29 is 19.4 Å². The normalized spacial score (nSPS) is 19.5. The van der Waals surface area contributed by atoms with E-state index >= 15 is 0 Å². The van der Waals surface area contributed by atoms with Crippen LogP contribution in [0.4, 0.5) is 0 Å². The van der Waals surface area contributed by atoms with Crippen LogP contribution in [0.1, 0.15) is 15.9 Å². The second kappa shape index (κ2) is 5.84. The smallest absolute Gasteiger partial charge is 0.251 e. The van der Waals surface area contributed by atoms with Gasteiger partial charge in [-0.05, 0) is 19.1 Å². The molecule has 0 bridgehead atoms. The van der Waals surface area contributed by atoms with Gasteiger partial charge in [-0.3, -0.25) is 4.79 Å². The van der Waals surface area contributed by atoms with Crippen LogP contribution in [0, 0.1) is 6.92 Å². The summed E-state index contributed by atoms with van der Waals surface area (Å²) < 4.78 is 10.7. The van der Waals surface area contributed by atoms with Crippen LogP contribution in [0.3, 0.4) is 0 Å². The molecule has 0 spiro atoms. The summed E-state index contributed by atoms with van der Waals surface area (Å²) in [4.78, 5) is 11.9. The van der Waals surface area contributed by atoms with Crippen molar-refractivity contribution >= 4 is 5.91 Å². The van der Waals surface area contributed by atoms with E-state index in [1.165, 1.54) is 0 Å². The fourth-order valence-corrected chi connectivity index (χ4v) is 1.83. The number of rotatable bonds is 3. The van der Waals surface area contributed by atoms with Crippen LogP contribution in [-0.4, -0.2) is 43.5 Å². The molecule has 1 heterocycles. The van der Waals surface area contributed by atoms with E-state index in [4.69, 9.17) is 9.47 Å². The maximum Gasteiger partial charge on any atom is 0.251 e. The number of phenols is 1. The number of carbonyl (C=O) groups excluding carboxylic acids is 1. The van der Waals surface area contributed by atoms with Crippen molar-refractivity contribution in [2.75, 3.05) is 26.4 Å². The molecular weight excluding hydrogens is 234 g/mol. The minimum atomic E-state index is -0.211. The van der Waals surface area contributed by atoms with Gasteiger partial charge in [-0.25, -0.2) is 0 Å². The molecule has 1 unspecified atom stereocenters. The van der Waals surface area contributed by atoms with Crippen LogP contribution < -0.4 is 5.32 Å². The molecule has 1 aromatic carbocycles. The number of hydrogen-bond donors (Lipinski definition) is 2. The summed E-state index contributed by atoms with van der Waals surface area (Å²) in [7, 11) is 0. The van der Waals surface area contributed by atoms with Crippen molar-refractivity contribution in [3.05, 3.63) is 29.3 Å². The van der Waals surface area contributed by atoms with Crippen LogP contribution in [0.5, 0.6) is 5.75 Å². The summed E-state index contributed by atoms with van der Waals surface area (Å²) in [5, 5.41) is 12.3. The molecule has 1 aliphatic heterocycles. The van der Waals surface area contributed by atoms with E-state index in [1.54, 1.807) is 25.1 Å². The van der Waals surface area contributed by atoms with Gasteiger partial charge in [0.15, 0.2) is 0 Å². The van der Waals surface area contributed by atoms with Crippen molar-refractivity contribution in [3.63, 3.8) is 0 Å². The van der Waals surface area contributed by atoms with Crippen LogP contribution in [0.2, 0.25) is 0 Å². The van der Waals surface area contributed by atoms with Gasteiger partial charge >= 0.3 is 0 Å². The van der Waals surface area contributed by atoms with Gasteiger partial charge in [-0.1, -0.05) is 6.07 Å². The summed E-state index contributed by atoms with van der Waals surface area (Å²) in [6.45, 7) is 3.79. The molecule has 98 valence electrons. The molecule has 2 rings (SSSR count). The number of carbonyl (C=O) groups is 1. The lowest BCUT2D eigenvalue weighted by molar-refractivity contribution is -0.0855. The topological polar surface area (TPSA) is 67.8 Å². The molecule has 1 atom stereocenters. The van der Waals surface area contributed by atoms with Crippen molar-refractivity contribution in [2.45, 2.75) is 13.0 Å². The average molecular weight is 251 g/mol. The minimum absolute atomic E-state index is 0.0969. The lowest BCUT2D eigenvalue weighted by Gasteiger charge is -2.23. The van der Waals surface area contributed by atoms with Gasteiger partial charge in [0.05, 0.1) is 25.9 Å². The van der Waals surface area contributed by atoms with Crippen LogP contribution in [-0.2, 0) is 9.47 Å². The van der Waals surface area contributed by atoms with Gasteiger partial charge < -0.3 is 19.9 Å². The maximum atomic E-state index is 11.9. The molecule has 5 heteroatoms. The van der Waals surface area contributed by atoms with Gasteiger partial charge in [0, 0.05) is 17.7 Å². The Morgan fingerprint density at radius 3 is 3.06 bits per heavy atom. The van der Waals surface area contributed by atoms with E-state index in [2.05, 4.69) is 5.32 Å². The summed E-state index contributed by atoms with van der Waals surface area (Å²) in [5.74, 6) is -0.0857. The number of nitrogens with one attached hydrogen (secondary N) is 1. The summed E-state index contributed by atoms with van der Waals surface area (Å²) in [5.41, 5.74) is 1.06. The first-order valence-electron chi connectivity index (χ1n) is 5.94. The van der Waals surface area contributed by atoms with E-state index < -0.39 is 0 Å². The fraction of sp³-hybridized carbons (Fsp3) is 0.462. The first kappa shape index (κ1) is 12.9. The standard InChI is InChI=1S/C13H17NO4/c1-9-11(3-2-4-12(9)15)13(16)14-7-10-8-17-5-6-18-10/h2-4,10,15H,5-8H2,1H3,(H,14,16). The highest BCUT2D eigenvalue weighted by Gasteiger charge is 2.17. The van der Waals surface area contributed by atoms with E-state index in [9.17, 15) is 9.90 Å². The number of aromatic hydroxyl groups is 1. The second-order valence-corrected chi connectivity index (χ2v) is 4.23. The fourth-order valence-electron chi connectivity index (χ4n) is 1.83. The molecule has 18 heavy (non-hydrogen) atoms. The third kappa shape index (κ3) is 3.00. The van der Waals surface area contributed by atoms with Gasteiger partial charge in [-0.15, -0.1) is 0 Å². The number of benzene rings is 1. The lowest BCUT2D eigenvalue weighted by atomic mass is 10.1. The van der Waals surface area contributed by atoms with Gasteiger partial charge in [-0.2, -0.15) is 0 Å². The number of phenolic OH excluding ortho intramolecular Hbond substituents is 1. The average Bonchev–Trinajstić information content (AvgIpc) is 2.40. The Kier molecular flexibility index (Phi) is 4.17. The zero-order valence-electron chi connectivity index (χ0n) is 10.3. The molecule has 1 amide bonds. The predicted molar refractivity (Wildman–Crippen MR) is 65.7 cm³/mol. The van der Waals surface area contributed by atoms with Crippen LogP contribution in [0.25, 0.3) is 0 Å². The Labute approximate surface area is 106 Å². The molecule has 0 aliphatic carbocycles. The molecule has 0 saturated carbocycles. The molecule has 1 saturated heterocycles. The molecule has 2 N–H and O–H groups in total. The molecule has 1 aliphatic rings. The third-order valence-electron chi connectivity index (χ3n) is 2.93. The van der Waals surface area contributed by atoms with E-state index in [0.29, 0.717) is 37.5 Å². The Morgan fingerprint density at radius 2 is 2.33 bits per heavy atom. The monoisotopic (exact) mass is 251 g/mol. The third-order valence-corrected chi connectivity index (χ3v) is 2.93. The van der Waals surface area contributed by atoms with Crippen LogP contribution in [0.15, 0.2) is 18.2 Å². The molecule has 0 radical (unpaired) electrons. The highest BCUT2D eigenvalue weighted by atomic mass is 16.6. The summed E-state index contributed by atoms with van der Waals surface area (Å²) >= 11 is 0. The first-order valence-corrected chi connectivity index (χ1v) is 5.94. The Hall–Kier alpha value is -1.59. The van der Waals surface area contributed by atoms with Crippen molar-refractivity contribution in [2.24, 2.45) is 0 Å². The summed E-state index contributed by atoms with van der Waals surface area (Å²) in [6, 6.07) is 4.89. The minimum Gasteiger partial charge on any atom is -0.508 e. The second-order valence-electron chi connectivity index (χ2n) is 4.23. The Bertz CT molecular complexity index is 427. The van der Waals surface area contributed by atoms with Crippen molar-refractivity contribution in [3.8, 4) is 5.75 Å². The van der Waals surface area contributed by atoms with Gasteiger partial charge in [0.1, 0.15) is 5.75 Å². The van der Waals surface area contributed by atoms with Crippen LogP contribution >= 0.6 is 0 Å². The molecule has 1 aromatic rings. The van der Waals surface area contributed by atoms with Gasteiger partial charge in [0.2, 0.25) is 0 Å². The van der Waals surface area contributed by atoms with E-state index in [0.717, 1.165) is 0 Å². The molecule has 5 nitrogen and oxygen atoms in total. The summed E-state index contributed by atoms with van der Waals surface area (Å²) in [6.07, 6.45) is -0.0969. The molecule has 1 fully saturated rings. The number of ether oxygens (including phenoxy) is 2. The first-order chi connectivity index (χ1) is 8.68. The Morgan fingerprint density at radius 1 is 1.50 bits per heavy atom. The Balaban J connectivity index is 1.93. The van der Waals surface area contributed by atoms with Crippen molar-refractivity contribution in [1.29, 1.82) is 0 Å². The largest absolute Gasteiger partial charge is 0.508 e. The zero-order valence-corrected chi connectivity index (χ0v) is 10.3. The predicted octanol–water partition coefficient (Wildman–Crippen LogP) is 0.846. The van der Waals surface area contributed by atoms with Gasteiger partial charge in [0.25, 0.3) is 5.91 Å². The lowest BCUT2D eigenvalue weighted by Crippen LogP contribution is -2.39.